The Hall–Kier alpha value is 0.440. The highest BCUT2D eigenvalue weighted by Crippen LogP contribution is 2.27. The van der Waals surface area contributed by atoms with E-state index in [1.807, 2.05) is 0 Å². The molecule has 1 atom stereocenters. The lowest BCUT2D eigenvalue weighted by Crippen LogP contribution is -2.34. The largest absolute Gasteiger partial charge is 0.299 e. The van der Waals surface area contributed by atoms with E-state index in [2.05, 4.69) is 20.8 Å². The van der Waals surface area contributed by atoms with Crippen LogP contribution in [0.2, 0.25) is 0 Å². The maximum atomic E-state index is 3.70. The van der Waals surface area contributed by atoms with Crippen molar-refractivity contribution in [3.63, 3.8) is 0 Å². The molecular formula is C10H18BrN. The minimum Gasteiger partial charge on any atom is -0.299 e. The van der Waals surface area contributed by atoms with Gasteiger partial charge in [-0.2, -0.15) is 0 Å². The first kappa shape index (κ1) is 9.01. The zero-order valence-electron chi connectivity index (χ0n) is 7.64. The fourth-order valence-corrected chi connectivity index (χ4v) is 3.10. The number of rotatable bonds is 1. The average molecular weight is 232 g/mol. The molecule has 2 fully saturated rings. The van der Waals surface area contributed by atoms with Gasteiger partial charge in [0, 0.05) is 17.4 Å². The number of alkyl halides is 1. The van der Waals surface area contributed by atoms with Gasteiger partial charge in [0.05, 0.1) is 0 Å². The highest BCUT2D eigenvalue weighted by atomic mass is 79.9. The molecule has 0 N–H and O–H groups in total. The smallest absolute Gasteiger partial charge is 0.0285 e. The second-order valence-corrected chi connectivity index (χ2v) is 5.47. The third-order valence-electron chi connectivity index (χ3n) is 3.25. The van der Waals surface area contributed by atoms with Gasteiger partial charge in [0.2, 0.25) is 0 Å². The van der Waals surface area contributed by atoms with Gasteiger partial charge in [0.25, 0.3) is 0 Å². The molecular weight excluding hydrogens is 214 g/mol. The van der Waals surface area contributed by atoms with E-state index in [1.165, 1.54) is 51.6 Å². The summed E-state index contributed by atoms with van der Waals surface area (Å²) >= 11 is 3.70. The maximum absolute atomic E-state index is 3.70. The summed E-state index contributed by atoms with van der Waals surface area (Å²) in [6.07, 6.45) is 8.68. The second-order valence-electron chi connectivity index (χ2n) is 4.17. The van der Waals surface area contributed by atoms with Crippen molar-refractivity contribution in [2.45, 2.75) is 49.4 Å². The summed E-state index contributed by atoms with van der Waals surface area (Å²) in [6.45, 7) is 2.63. The molecule has 0 aromatic carbocycles. The van der Waals surface area contributed by atoms with Gasteiger partial charge in [-0.1, -0.05) is 35.2 Å². The Morgan fingerprint density at radius 1 is 1.00 bits per heavy atom. The summed E-state index contributed by atoms with van der Waals surface area (Å²) in [6, 6.07) is 0.932. The molecule has 1 unspecified atom stereocenters. The van der Waals surface area contributed by atoms with Crippen molar-refractivity contribution < 1.29 is 0 Å². The van der Waals surface area contributed by atoms with Crippen LogP contribution in [0.4, 0.5) is 0 Å². The maximum Gasteiger partial charge on any atom is 0.0285 e. The minimum absolute atomic E-state index is 0.777. The molecule has 0 aromatic heterocycles. The summed E-state index contributed by atoms with van der Waals surface area (Å²) in [5, 5.41) is 0. The lowest BCUT2D eigenvalue weighted by Gasteiger charge is -2.30. The van der Waals surface area contributed by atoms with Crippen LogP contribution >= 0.6 is 15.9 Å². The Bertz CT molecular complexity index is 140. The van der Waals surface area contributed by atoms with Gasteiger partial charge < -0.3 is 0 Å². The standard InChI is InChI=1S/C10H18BrN/c11-9-6-7-12(8-9)10-4-2-1-3-5-10/h9-10H,1-8H2. The fraction of sp³-hybridized carbons (Fsp3) is 1.00. The van der Waals surface area contributed by atoms with Gasteiger partial charge >= 0.3 is 0 Å². The Morgan fingerprint density at radius 2 is 1.75 bits per heavy atom. The predicted octanol–water partition coefficient (Wildman–Crippen LogP) is 2.79. The minimum atomic E-state index is 0.777. The van der Waals surface area contributed by atoms with Crippen LogP contribution in [-0.4, -0.2) is 28.9 Å². The normalized spacial score (nSPS) is 34.2. The predicted molar refractivity (Wildman–Crippen MR) is 55.8 cm³/mol. The van der Waals surface area contributed by atoms with Gasteiger partial charge in [-0.25, -0.2) is 0 Å². The molecule has 0 spiro atoms. The molecule has 1 aliphatic carbocycles. The van der Waals surface area contributed by atoms with E-state index in [1.54, 1.807) is 0 Å². The first-order valence-electron chi connectivity index (χ1n) is 5.24. The van der Waals surface area contributed by atoms with Crippen molar-refractivity contribution in [2.75, 3.05) is 13.1 Å². The number of hydrogen-bond acceptors (Lipinski definition) is 1. The van der Waals surface area contributed by atoms with Crippen LogP contribution in [0.3, 0.4) is 0 Å². The van der Waals surface area contributed by atoms with E-state index in [9.17, 15) is 0 Å². The zero-order valence-corrected chi connectivity index (χ0v) is 9.22. The van der Waals surface area contributed by atoms with Gasteiger partial charge in [0.1, 0.15) is 0 Å². The first-order valence-corrected chi connectivity index (χ1v) is 6.16. The van der Waals surface area contributed by atoms with Crippen molar-refractivity contribution in [1.29, 1.82) is 0 Å². The molecule has 0 radical (unpaired) electrons. The van der Waals surface area contributed by atoms with E-state index in [0.717, 1.165) is 10.9 Å². The fourth-order valence-electron chi connectivity index (χ4n) is 2.52. The Kier molecular flexibility index (Phi) is 3.08. The Balaban J connectivity index is 1.83. The summed E-state index contributed by atoms with van der Waals surface area (Å²) in [5.41, 5.74) is 0. The number of hydrogen-bond donors (Lipinski definition) is 0. The molecule has 1 saturated carbocycles. The third-order valence-corrected chi connectivity index (χ3v) is 4.00. The molecule has 12 heavy (non-hydrogen) atoms. The molecule has 1 saturated heterocycles. The molecule has 2 rings (SSSR count). The van der Waals surface area contributed by atoms with E-state index in [-0.39, 0.29) is 0 Å². The van der Waals surface area contributed by atoms with E-state index >= 15 is 0 Å². The van der Waals surface area contributed by atoms with E-state index < -0.39 is 0 Å². The quantitative estimate of drug-likeness (QED) is 0.628. The third kappa shape index (κ3) is 2.02. The lowest BCUT2D eigenvalue weighted by molar-refractivity contribution is 0.192. The number of nitrogens with zero attached hydrogens (tertiary/aromatic N) is 1. The lowest BCUT2D eigenvalue weighted by atomic mass is 9.94. The van der Waals surface area contributed by atoms with E-state index in [4.69, 9.17) is 0 Å². The summed E-state index contributed by atoms with van der Waals surface area (Å²) < 4.78 is 0. The highest BCUT2D eigenvalue weighted by Gasteiger charge is 2.27. The van der Waals surface area contributed by atoms with Gasteiger partial charge in [-0.15, -0.1) is 0 Å². The number of halogens is 1. The SMILES string of the molecule is BrC1CCN(C2CCCCC2)C1. The molecule has 0 bridgehead atoms. The van der Waals surface area contributed by atoms with Gasteiger partial charge in [-0.05, 0) is 25.8 Å². The molecule has 1 aliphatic heterocycles. The monoisotopic (exact) mass is 231 g/mol. The molecule has 2 heteroatoms. The molecule has 70 valence electrons. The van der Waals surface area contributed by atoms with Crippen LogP contribution in [0.1, 0.15) is 38.5 Å². The van der Waals surface area contributed by atoms with Crippen LogP contribution in [0.25, 0.3) is 0 Å². The van der Waals surface area contributed by atoms with Crippen LogP contribution in [-0.2, 0) is 0 Å². The van der Waals surface area contributed by atoms with Crippen LogP contribution in [0.5, 0.6) is 0 Å². The Labute approximate surface area is 83.6 Å². The van der Waals surface area contributed by atoms with Crippen LogP contribution in [0.15, 0.2) is 0 Å². The molecule has 2 aliphatic rings. The Morgan fingerprint density at radius 3 is 2.33 bits per heavy atom. The molecule has 1 nitrogen and oxygen atoms in total. The van der Waals surface area contributed by atoms with Crippen LogP contribution in [0, 0.1) is 0 Å². The first-order chi connectivity index (χ1) is 5.86. The number of likely N-dealkylation sites (tertiary alicyclic amines) is 1. The van der Waals surface area contributed by atoms with E-state index in [0.29, 0.717) is 0 Å². The topological polar surface area (TPSA) is 3.24 Å². The summed E-state index contributed by atoms with van der Waals surface area (Å²) in [4.78, 5) is 3.47. The average Bonchev–Trinajstić information content (AvgIpc) is 2.54. The van der Waals surface area contributed by atoms with Gasteiger partial charge in [0.15, 0.2) is 0 Å². The van der Waals surface area contributed by atoms with Crippen molar-refractivity contribution in [3.05, 3.63) is 0 Å². The molecule has 0 aromatic rings. The molecule has 1 heterocycles. The molecule has 0 amide bonds. The summed E-state index contributed by atoms with van der Waals surface area (Å²) in [7, 11) is 0. The van der Waals surface area contributed by atoms with Crippen molar-refractivity contribution >= 4 is 15.9 Å². The van der Waals surface area contributed by atoms with Crippen molar-refractivity contribution in [3.8, 4) is 0 Å². The van der Waals surface area contributed by atoms with Crippen molar-refractivity contribution in [1.82, 2.24) is 4.90 Å². The van der Waals surface area contributed by atoms with Crippen LogP contribution < -0.4 is 0 Å². The van der Waals surface area contributed by atoms with Gasteiger partial charge in [-0.3, -0.25) is 4.90 Å². The summed E-state index contributed by atoms with van der Waals surface area (Å²) in [5.74, 6) is 0. The zero-order chi connectivity index (χ0) is 8.39. The highest BCUT2D eigenvalue weighted by molar-refractivity contribution is 9.09. The second kappa shape index (κ2) is 4.10. The van der Waals surface area contributed by atoms with Crippen molar-refractivity contribution in [2.24, 2.45) is 0 Å².